The standard InChI is InChI=1S/C41H47N3O12/c1-23(2)31-15-14-29(32-16-13-24(3)33(32)21-31)17-19-50-40(49)36-35(30-11-9-8-10-12-30)42-43-44(36)18-20-51-41-39(55-28(7)48)38(54-27(6)47)37(53-26(5)46)34(56-41)22-52-25(4)45/h8-16,21,23,34,37-39,41H,17-20,22H2,1-7H3/t34-,37-,38+,39+,41+/m1/s1. The third-order valence-electron chi connectivity index (χ3n) is 9.13. The molecule has 2 aromatic rings. The van der Waals surface area contributed by atoms with Gasteiger partial charge in [0.05, 0.1) is 19.8 Å². The largest absolute Gasteiger partial charge is 0.463 e. The highest BCUT2D eigenvalue weighted by molar-refractivity contribution is 5.94. The molecule has 1 saturated heterocycles. The Bertz CT molecular complexity index is 1990. The van der Waals surface area contributed by atoms with E-state index >= 15 is 0 Å². The fraction of sp³-hybridized carbons (Fsp3) is 0.439. The molecule has 1 fully saturated rings. The SMILES string of the molecule is CC(=O)OC[C@H]1O[C@H](OCCn2nnc(-c3ccccc3)c2C(=O)OCCc2ccc(C(C)C)cc3c(C)ccc2-3)[C@@H](OC(C)=O)[C@@H](OC(C)=O)[C@@H]1OC(C)=O. The zero-order valence-corrected chi connectivity index (χ0v) is 32.5. The van der Waals surface area contributed by atoms with Crippen molar-refractivity contribution in [3.63, 3.8) is 0 Å². The maximum Gasteiger partial charge on any atom is 0.358 e. The Labute approximate surface area is 324 Å². The predicted molar refractivity (Wildman–Crippen MR) is 199 cm³/mol. The fourth-order valence-corrected chi connectivity index (χ4v) is 6.51. The summed E-state index contributed by atoms with van der Waals surface area (Å²) in [5.41, 5.74) is 6.69. The summed E-state index contributed by atoms with van der Waals surface area (Å²) in [7, 11) is 0. The van der Waals surface area contributed by atoms with Crippen molar-refractivity contribution < 1.29 is 57.1 Å². The molecule has 0 spiro atoms. The number of fused-ring (bicyclic) bond motifs is 1. The van der Waals surface area contributed by atoms with E-state index in [2.05, 4.69) is 61.4 Å². The van der Waals surface area contributed by atoms with E-state index in [9.17, 15) is 24.0 Å². The molecule has 3 aliphatic rings. The van der Waals surface area contributed by atoms with Crippen LogP contribution in [-0.4, -0.2) is 95.4 Å². The van der Waals surface area contributed by atoms with Crippen LogP contribution in [0, 0.1) is 6.92 Å². The van der Waals surface area contributed by atoms with Crippen LogP contribution >= 0.6 is 0 Å². The molecule has 298 valence electrons. The molecule has 1 aliphatic heterocycles. The Morgan fingerprint density at radius 2 is 1.45 bits per heavy atom. The lowest BCUT2D eigenvalue weighted by Crippen LogP contribution is -2.63. The summed E-state index contributed by atoms with van der Waals surface area (Å²) in [6.45, 7) is 10.4. The minimum absolute atomic E-state index is 0.0585. The number of nitrogens with zero attached hydrogens (tertiary/aromatic N) is 3. The van der Waals surface area contributed by atoms with E-state index in [1.807, 2.05) is 18.2 Å². The third-order valence-corrected chi connectivity index (χ3v) is 9.13. The number of hydrogen-bond acceptors (Lipinski definition) is 14. The molecule has 0 N–H and O–H groups in total. The fourth-order valence-electron chi connectivity index (χ4n) is 6.51. The van der Waals surface area contributed by atoms with Gasteiger partial charge in [0.2, 0.25) is 0 Å². The van der Waals surface area contributed by atoms with Crippen LogP contribution in [0.15, 0.2) is 60.7 Å². The van der Waals surface area contributed by atoms with Gasteiger partial charge in [0.15, 0.2) is 30.3 Å². The van der Waals surface area contributed by atoms with E-state index in [1.54, 1.807) is 12.1 Å². The molecule has 0 bridgehead atoms. The van der Waals surface area contributed by atoms with Gasteiger partial charge >= 0.3 is 29.8 Å². The second-order valence-electron chi connectivity index (χ2n) is 13.7. The van der Waals surface area contributed by atoms with Crippen molar-refractivity contribution in [2.24, 2.45) is 0 Å². The van der Waals surface area contributed by atoms with Crippen molar-refractivity contribution in [1.29, 1.82) is 0 Å². The zero-order chi connectivity index (χ0) is 40.5. The first-order valence-corrected chi connectivity index (χ1v) is 18.3. The Kier molecular flexibility index (Phi) is 13.9. The summed E-state index contributed by atoms with van der Waals surface area (Å²) < 4.78 is 40.8. The number of rotatable bonds is 15. The number of carbonyl (C=O) groups is 5. The van der Waals surface area contributed by atoms with Crippen LogP contribution in [0.3, 0.4) is 0 Å². The number of carbonyl (C=O) groups excluding carboxylic acids is 5. The highest BCUT2D eigenvalue weighted by atomic mass is 16.7. The van der Waals surface area contributed by atoms with E-state index in [1.165, 1.54) is 22.7 Å². The lowest BCUT2D eigenvalue weighted by atomic mass is 9.98. The molecule has 5 atom stereocenters. The van der Waals surface area contributed by atoms with Crippen molar-refractivity contribution in [2.75, 3.05) is 19.8 Å². The summed E-state index contributed by atoms with van der Waals surface area (Å²) in [6, 6.07) is 19.6. The van der Waals surface area contributed by atoms with Gasteiger partial charge in [-0.1, -0.05) is 79.7 Å². The molecule has 15 heteroatoms. The maximum atomic E-state index is 13.9. The first kappa shape index (κ1) is 41.5. The molecule has 56 heavy (non-hydrogen) atoms. The normalized spacial score (nSPS) is 19.3. The van der Waals surface area contributed by atoms with E-state index in [0.717, 1.165) is 37.5 Å². The monoisotopic (exact) mass is 773 g/mol. The molecule has 5 rings (SSSR count). The van der Waals surface area contributed by atoms with Gasteiger partial charge < -0.3 is 33.2 Å². The molecule has 0 unspecified atom stereocenters. The van der Waals surface area contributed by atoms with Crippen LogP contribution < -0.4 is 0 Å². The summed E-state index contributed by atoms with van der Waals surface area (Å²) in [4.78, 5) is 62.1. The number of esters is 5. The van der Waals surface area contributed by atoms with E-state index in [4.69, 9.17) is 33.2 Å². The smallest absolute Gasteiger partial charge is 0.358 e. The van der Waals surface area contributed by atoms with Crippen LogP contribution in [0.25, 0.3) is 22.4 Å². The Morgan fingerprint density at radius 1 is 0.768 bits per heavy atom. The number of aromatic nitrogens is 3. The molecule has 2 heterocycles. The van der Waals surface area contributed by atoms with Crippen LogP contribution in [0.1, 0.15) is 74.6 Å². The summed E-state index contributed by atoms with van der Waals surface area (Å²) in [5, 5.41) is 8.55. The molecule has 0 radical (unpaired) electrons. The van der Waals surface area contributed by atoms with Gasteiger partial charge in [0, 0.05) is 39.7 Å². The molecular weight excluding hydrogens is 726 g/mol. The van der Waals surface area contributed by atoms with Crippen molar-refractivity contribution in [2.45, 2.75) is 98.1 Å². The average molecular weight is 774 g/mol. The predicted octanol–water partition coefficient (Wildman–Crippen LogP) is 4.98. The number of benzene rings is 1. The molecule has 1 aromatic carbocycles. The number of hydrogen-bond donors (Lipinski definition) is 0. The Hall–Kier alpha value is -5.67. The summed E-state index contributed by atoms with van der Waals surface area (Å²) in [6.07, 6.45) is -6.28. The molecule has 15 nitrogen and oxygen atoms in total. The second kappa shape index (κ2) is 18.8. The summed E-state index contributed by atoms with van der Waals surface area (Å²) in [5.74, 6) is -3.25. The highest BCUT2D eigenvalue weighted by Crippen LogP contribution is 2.33. The second-order valence-corrected chi connectivity index (χ2v) is 13.7. The number of aryl methyl sites for hydroxylation is 1. The Morgan fingerprint density at radius 3 is 2.11 bits per heavy atom. The van der Waals surface area contributed by atoms with Gasteiger partial charge in [-0.25, -0.2) is 9.48 Å². The van der Waals surface area contributed by atoms with Gasteiger partial charge in [0.1, 0.15) is 18.4 Å². The molecule has 1 aromatic heterocycles. The first-order valence-electron chi connectivity index (χ1n) is 18.3. The van der Waals surface area contributed by atoms with Gasteiger partial charge in [-0.3, -0.25) is 19.2 Å². The van der Waals surface area contributed by atoms with Crippen molar-refractivity contribution in [1.82, 2.24) is 15.0 Å². The average Bonchev–Trinajstić information content (AvgIpc) is 3.67. The van der Waals surface area contributed by atoms with Gasteiger partial charge in [0.25, 0.3) is 0 Å². The van der Waals surface area contributed by atoms with Gasteiger partial charge in [-0.2, -0.15) is 0 Å². The topological polar surface area (TPSA) is 181 Å². The van der Waals surface area contributed by atoms with Crippen molar-refractivity contribution in [3.8, 4) is 22.4 Å². The van der Waals surface area contributed by atoms with E-state index < -0.39 is 67.2 Å². The third kappa shape index (κ3) is 10.3. The zero-order valence-electron chi connectivity index (χ0n) is 32.5. The Balaban J connectivity index is 1.37. The highest BCUT2D eigenvalue weighted by Gasteiger charge is 2.52. The molecular formula is C41H47N3O12. The van der Waals surface area contributed by atoms with E-state index in [-0.39, 0.29) is 25.5 Å². The molecule has 0 amide bonds. The summed E-state index contributed by atoms with van der Waals surface area (Å²) >= 11 is 0. The lowest BCUT2D eigenvalue weighted by molar-refractivity contribution is -0.308. The molecule has 2 aliphatic carbocycles. The van der Waals surface area contributed by atoms with Gasteiger partial charge in [-0.05, 0) is 40.7 Å². The molecule has 0 saturated carbocycles. The maximum absolute atomic E-state index is 13.9. The van der Waals surface area contributed by atoms with Crippen LogP contribution in [0.4, 0.5) is 0 Å². The van der Waals surface area contributed by atoms with E-state index in [0.29, 0.717) is 23.6 Å². The first-order chi connectivity index (χ1) is 26.7. The van der Waals surface area contributed by atoms with Gasteiger partial charge in [-0.15, -0.1) is 5.10 Å². The van der Waals surface area contributed by atoms with Crippen molar-refractivity contribution >= 4 is 29.8 Å². The minimum Gasteiger partial charge on any atom is -0.463 e. The lowest BCUT2D eigenvalue weighted by Gasteiger charge is -2.44. The van der Waals surface area contributed by atoms with Crippen LogP contribution in [0.2, 0.25) is 0 Å². The van der Waals surface area contributed by atoms with Crippen LogP contribution in [-0.2, 0) is 65.3 Å². The quantitative estimate of drug-likeness (QED) is 0.117. The number of ether oxygens (including phenoxy) is 7. The van der Waals surface area contributed by atoms with Crippen molar-refractivity contribution in [3.05, 3.63) is 83.0 Å². The van der Waals surface area contributed by atoms with Crippen LogP contribution in [0.5, 0.6) is 0 Å². The minimum atomic E-state index is -1.41.